The second-order valence-corrected chi connectivity index (χ2v) is 8.59. The first-order valence-electron chi connectivity index (χ1n) is 13.0. The van der Waals surface area contributed by atoms with Gasteiger partial charge in [0.05, 0.1) is 17.9 Å². The summed E-state index contributed by atoms with van der Waals surface area (Å²) in [6, 6.07) is 21.0. The second-order valence-electron chi connectivity index (χ2n) is 8.59. The third kappa shape index (κ3) is 8.76. The van der Waals surface area contributed by atoms with Crippen molar-refractivity contribution in [1.82, 2.24) is 0 Å². The van der Waals surface area contributed by atoms with Gasteiger partial charge in [0.25, 0.3) is 0 Å². The van der Waals surface area contributed by atoms with Crippen molar-refractivity contribution >= 4 is 23.4 Å². The number of benzene rings is 3. The van der Waals surface area contributed by atoms with Crippen LogP contribution in [0.2, 0.25) is 0 Å². The van der Waals surface area contributed by atoms with E-state index < -0.39 is 18.0 Å². The van der Waals surface area contributed by atoms with Gasteiger partial charge in [-0.15, -0.1) is 0 Å². The maximum absolute atomic E-state index is 12.6. The summed E-state index contributed by atoms with van der Waals surface area (Å²) in [5, 5.41) is 9.68. The van der Waals surface area contributed by atoms with Crippen molar-refractivity contribution in [2.45, 2.75) is 59.0 Å². The Balaban J connectivity index is 0.000000293. The Morgan fingerprint density at radius 1 is 0.816 bits per heavy atom. The molecule has 0 saturated heterocycles. The minimum Gasteiger partial charge on any atom is -0.505 e. The molecule has 7 heteroatoms. The van der Waals surface area contributed by atoms with Crippen molar-refractivity contribution in [3.8, 4) is 5.75 Å². The first kappa shape index (κ1) is 30.1. The fourth-order valence-electron chi connectivity index (χ4n) is 3.71. The Kier molecular flexibility index (Phi) is 12.6. The van der Waals surface area contributed by atoms with Gasteiger partial charge in [-0.2, -0.15) is 0 Å². The molecule has 0 aromatic heterocycles. The highest BCUT2D eigenvalue weighted by atomic mass is 16.5. The van der Waals surface area contributed by atoms with E-state index in [0.717, 1.165) is 24.8 Å². The molecule has 3 rings (SSSR count). The predicted molar refractivity (Wildman–Crippen MR) is 148 cm³/mol. The average Bonchev–Trinajstić information content (AvgIpc) is 2.95. The molecule has 38 heavy (non-hydrogen) atoms. The van der Waals surface area contributed by atoms with E-state index in [2.05, 4.69) is 6.92 Å². The highest BCUT2D eigenvalue weighted by molar-refractivity contribution is 6.01. The van der Waals surface area contributed by atoms with Gasteiger partial charge < -0.3 is 20.3 Å². The van der Waals surface area contributed by atoms with E-state index in [1.165, 1.54) is 6.07 Å². The third-order valence-electron chi connectivity index (χ3n) is 5.86. The van der Waals surface area contributed by atoms with Gasteiger partial charge >= 0.3 is 11.9 Å². The van der Waals surface area contributed by atoms with E-state index >= 15 is 0 Å². The van der Waals surface area contributed by atoms with Crippen molar-refractivity contribution in [2.75, 3.05) is 12.3 Å². The lowest BCUT2D eigenvalue weighted by molar-refractivity contribution is 0.0263. The van der Waals surface area contributed by atoms with Crippen LogP contribution in [0.4, 0.5) is 5.69 Å². The van der Waals surface area contributed by atoms with Crippen molar-refractivity contribution in [1.29, 1.82) is 0 Å². The van der Waals surface area contributed by atoms with Gasteiger partial charge in [-0.05, 0) is 49.9 Å². The largest absolute Gasteiger partial charge is 0.505 e. The first-order valence-corrected chi connectivity index (χ1v) is 13.0. The summed E-state index contributed by atoms with van der Waals surface area (Å²) >= 11 is 0. The zero-order valence-corrected chi connectivity index (χ0v) is 22.3. The van der Waals surface area contributed by atoms with E-state index in [-0.39, 0.29) is 29.4 Å². The van der Waals surface area contributed by atoms with Gasteiger partial charge in [-0.1, -0.05) is 81.3 Å². The standard InChI is InChI=1S/C20H22O3.C11H15NO3/c1-2-3-6-15-18(19(21)16-11-7-4-8-12-16)23-20(22)17-13-9-5-10-14-17;1-3-7-5-6-8(10(13)9(7)12)11(14)15-4-2/h4-5,7-14,18H,2-3,6,15H2,1H3;5-6,13H,3-4,12H2,1-2H3. The van der Waals surface area contributed by atoms with E-state index in [1.807, 2.05) is 31.2 Å². The normalized spacial score (nSPS) is 11.0. The molecule has 0 heterocycles. The van der Waals surface area contributed by atoms with Crippen molar-refractivity contribution < 1.29 is 29.0 Å². The SMILES string of the molecule is CCCCCC(OC(=O)c1ccccc1)C(=O)c1ccccc1.CCOC(=O)c1ccc(CC)c(N)c1O. The number of nitrogens with two attached hydrogens (primary N) is 1. The van der Waals surface area contributed by atoms with Crippen molar-refractivity contribution in [2.24, 2.45) is 0 Å². The number of rotatable bonds is 11. The summed E-state index contributed by atoms with van der Waals surface area (Å²) in [6.07, 6.45) is 3.47. The lowest BCUT2D eigenvalue weighted by atomic mass is 10.0. The van der Waals surface area contributed by atoms with Crippen LogP contribution in [-0.4, -0.2) is 35.5 Å². The highest BCUT2D eigenvalue weighted by Crippen LogP contribution is 2.29. The fourth-order valence-corrected chi connectivity index (χ4v) is 3.71. The van der Waals surface area contributed by atoms with Crippen molar-refractivity contribution in [3.05, 3.63) is 95.1 Å². The molecule has 3 N–H and O–H groups in total. The Morgan fingerprint density at radius 2 is 1.42 bits per heavy atom. The lowest BCUT2D eigenvalue weighted by Gasteiger charge is -2.17. The summed E-state index contributed by atoms with van der Waals surface area (Å²) in [7, 11) is 0. The number of nitrogen functional groups attached to an aromatic ring is 1. The lowest BCUT2D eigenvalue weighted by Crippen LogP contribution is -2.27. The van der Waals surface area contributed by atoms with Crippen LogP contribution in [0.3, 0.4) is 0 Å². The maximum Gasteiger partial charge on any atom is 0.341 e. The number of anilines is 1. The minimum atomic E-state index is -0.725. The van der Waals surface area contributed by atoms with Crippen LogP contribution in [0.15, 0.2) is 72.8 Å². The molecular weight excluding hydrogens is 482 g/mol. The number of Topliss-reactive ketones (excluding diaryl/α,β-unsaturated/α-hetero) is 1. The molecule has 202 valence electrons. The molecule has 0 amide bonds. The maximum atomic E-state index is 12.6. The van der Waals surface area contributed by atoms with E-state index in [0.29, 0.717) is 24.0 Å². The molecule has 1 unspecified atom stereocenters. The van der Waals surface area contributed by atoms with E-state index in [1.54, 1.807) is 49.4 Å². The zero-order valence-electron chi connectivity index (χ0n) is 22.3. The quantitative estimate of drug-likeness (QED) is 0.0991. The number of phenolic OH excluding ortho intramolecular Hbond substituents is 1. The first-order chi connectivity index (χ1) is 18.3. The summed E-state index contributed by atoms with van der Waals surface area (Å²) < 4.78 is 10.3. The number of aryl methyl sites for hydroxylation is 1. The van der Waals surface area contributed by atoms with Crippen LogP contribution in [0.5, 0.6) is 5.75 Å². The number of carbonyl (C=O) groups excluding carboxylic acids is 3. The molecule has 0 bridgehead atoms. The number of ether oxygens (including phenoxy) is 2. The van der Waals surface area contributed by atoms with Crippen LogP contribution in [-0.2, 0) is 15.9 Å². The molecule has 0 spiro atoms. The predicted octanol–water partition coefficient (Wildman–Crippen LogP) is 6.39. The number of unbranched alkanes of at least 4 members (excludes halogenated alkanes) is 2. The van der Waals surface area contributed by atoms with Gasteiger partial charge in [0, 0.05) is 5.56 Å². The minimum absolute atomic E-state index is 0.117. The number of phenols is 1. The van der Waals surface area contributed by atoms with Crippen LogP contribution in [0.1, 0.15) is 83.1 Å². The van der Waals surface area contributed by atoms with Crippen LogP contribution >= 0.6 is 0 Å². The van der Waals surface area contributed by atoms with E-state index in [9.17, 15) is 19.5 Å². The van der Waals surface area contributed by atoms with E-state index in [4.69, 9.17) is 15.2 Å². The number of hydrogen-bond donors (Lipinski definition) is 2. The number of esters is 2. The van der Waals surface area contributed by atoms with Crippen LogP contribution < -0.4 is 5.73 Å². The third-order valence-corrected chi connectivity index (χ3v) is 5.86. The van der Waals surface area contributed by atoms with Crippen molar-refractivity contribution in [3.63, 3.8) is 0 Å². The Bertz CT molecular complexity index is 1180. The highest BCUT2D eigenvalue weighted by Gasteiger charge is 2.24. The smallest absolute Gasteiger partial charge is 0.341 e. The summed E-state index contributed by atoms with van der Waals surface area (Å²) in [4.78, 5) is 36.3. The number of hydrogen-bond acceptors (Lipinski definition) is 7. The fraction of sp³-hybridized carbons (Fsp3) is 0.323. The molecule has 0 fully saturated rings. The molecule has 3 aromatic carbocycles. The van der Waals surface area contributed by atoms with Gasteiger partial charge in [0.15, 0.2) is 11.9 Å². The number of ketones is 1. The molecule has 0 radical (unpaired) electrons. The van der Waals surface area contributed by atoms with Crippen LogP contribution in [0.25, 0.3) is 0 Å². The van der Waals surface area contributed by atoms with Gasteiger partial charge in [-0.3, -0.25) is 4.79 Å². The molecule has 7 nitrogen and oxygen atoms in total. The summed E-state index contributed by atoms with van der Waals surface area (Å²) in [5.41, 5.74) is 7.91. The summed E-state index contributed by atoms with van der Waals surface area (Å²) in [6.45, 7) is 6.01. The van der Waals surface area contributed by atoms with Gasteiger partial charge in [0.1, 0.15) is 5.56 Å². The van der Waals surface area contributed by atoms with Crippen LogP contribution in [0, 0.1) is 0 Å². The average molecular weight is 520 g/mol. The Morgan fingerprint density at radius 3 is 1.97 bits per heavy atom. The van der Waals surface area contributed by atoms with Gasteiger partial charge in [0.2, 0.25) is 5.78 Å². The zero-order chi connectivity index (χ0) is 27.9. The second kappa shape index (κ2) is 15.9. The molecule has 1 atom stereocenters. The number of aromatic hydroxyl groups is 1. The summed E-state index contributed by atoms with van der Waals surface area (Å²) in [5.74, 6) is -1.32. The Hall–Kier alpha value is -4.13. The number of carbonyl (C=O) groups is 3. The molecule has 0 aliphatic heterocycles. The molecule has 0 aliphatic rings. The molecule has 0 saturated carbocycles. The molecule has 0 aliphatic carbocycles. The molecular formula is C31H37NO6. The van der Waals surface area contributed by atoms with Gasteiger partial charge in [-0.25, -0.2) is 9.59 Å². The Labute approximate surface area is 224 Å². The monoisotopic (exact) mass is 519 g/mol. The topological polar surface area (TPSA) is 116 Å². The molecule has 3 aromatic rings.